The van der Waals surface area contributed by atoms with Crippen LogP contribution in [0.15, 0.2) is 30.3 Å². The predicted octanol–water partition coefficient (Wildman–Crippen LogP) is 3.73. The van der Waals surface area contributed by atoms with E-state index < -0.39 is 8.03 Å². The number of unbranched alkanes of at least 4 members (excludes halogenated alkanes) is 2. The Morgan fingerprint density at radius 1 is 1.21 bits per heavy atom. The van der Waals surface area contributed by atoms with Crippen LogP contribution in [-0.4, -0.2) is 6.16 Å². The molecule has 0 aliphatic carbocycles. The van der Waals surface area contributed by atoms with E-state index in [9.17, 15) is 4.57 Å². The summed E-state index contributed by atoms with van der Waals surface area (Å²) in [4.78, 5) is 0. The minimum absolute atomic E-state index is 0.702. The summed E-state index contributed by atoms with van der Waals surface area (Å²) in [6.45, 7) is 2.13. The van der Waals surface area contributed by atoms with Crippen LogP contribution in [0.5, 0.6) is 5.75 Å². The Hall–Kier alpha value is -0.750. The molecule has 78 valence electrons. The molecule has 0 radical (unpaired) electrons. The summed E-state index contributed by atoms with van der Waals surface area (Å²) < 4.78 is 16.8. The zero-order valence-corrected chi connectivity index (χ0v) is 9.53. The van der Waals surface area contributed by atoms with Crippen LogP contribution in [0.2, 0.25) is 0 Å². The summed E-state index contributed by atoms with van der Waals surface area (Å²) in [5.74, 6) is 0.716. The second-order valence-corrected chi connectivity index (χ2v) is 4.69. The minimum Gasteiger partial charge on any atom is -0.445 e. The average molecular weight is 212 g/mol. The highest BCUT2D eigenvalue weighted by Crippen LogP contribution is 2.27. The quantitative estimate of drug-likeness (QED) is 0.530. The first-order valence-corrected chi connectivity index (χ1v) is 6.61. The molecule has 1 unspecified atom stereocenters. The highest BCUT2D eigenvalue weighted by molar-refractivity contribution is 7.39. The topological polar surface area (TPSA) is 26.3 Å². The van der Waals surface area contributed by atoms with Crippen molar-refractivity contribution in [2.24, 2.45) is 0 Å². The van der Waals surface area contributed by atoms with E-state index >= 15 is 0 Å². The Labute approximate surface area is 86.2 Å². The van der Waals surface area contributed by atoms with Crippen molar-refractivity contribution in [3.8, 4) is 5.75 Å². The molecule has 0 spiro atoms. The third kappa shape index (κ3) is 4.48. The largest absolute Gasteiger partial charge is 0.445 e. The molecule has 1 atom stereocenters. The van der Waals surface area contributed by atoms with Gasteiger partial charge >= 0.3 is 0 Å². The molecule has 0 saturated carbocycles. The molecule has 0 heterocycles. The normalized spacial score (nSPS) is 12.4. The van der Waals surface area contributed by atoms with Crippen LogP contribution in [0.3, 0.4) is 0 Å². The summed E-state index contributed by atoms with van der Waals surface area (Å²) in [6.07, 6.45) is 3.99. The van der Waals surface area contributed by atoms with Gasteiger partial charge in [-0.3, -0.25) is 4.57 Å². The van der Waals surface area contributed by atoms with Crippen LogP contribution in [0.1, 0.15) is 26.2 Å². The van der Waals surface area contributed by atoms with Gasteiger partial charge in [-0.25, -0.2) is 0 Å². The Bertz CT molecular complexity index is 272. The monoisotopic (exact) mass is 212 g/mol. The SMILES string of the molecule is CCCCC[PH](=O)Oc1ccccc1. The lowest BCUT2D eigenvalue weighted by molar-refractivity contribution is 0.502. The van der Waals surface area contributed by atoms with Gasteiger partial charge in [-0.15, -0.1) is 0 Å². The molecule has 0 aliphatic heterocycles. The highest BCUT2D eigenvalue weighted by atomic mass is 31.1. The smallest absolute Gasteiger partial charge is 0.236 e. The predicted molar refractivity (Wildman–Crippen MR) is 60.5 cm³/mol. The van der Waals surface area contributed by atoms with E-state index in [0.717, 1.165) is 19.3 Å². The number of rotatable bonds is 6. The Kier molecular flexibility index (Phi) is 5.39. The number of benzene rings is 1. The van der Waals surface area contributed by atoms with Gasteiger partial charge in [-0.05, 0) is 18.6 Å². The van der Waals surface area contributed by atoms with E-state index in [0.29, 0.717) is 11.9 Å². The maximum Gasteiger partial charge on any atom is 0.236 e. The second-order valence-electron chi connectivity index (χ2n) is 3.24. The number of hydrogen-bond acceptors (Lipinski definition) is 2. The standard InChI is InChI=1S/C11H17O2P/c1-2-3-7-10-14(12)13-11-8-5-4-6-9-11/h4-6,8-9,14H,2-3,7,10H2,1H3. The molecule has 0 bridgehead atoms. The maximum absolute atomic E-state index is 11.5. The van der Waals surface area contributed by atoms with Gasteiger partial charge in [0.1, 0.15) is 5.75 Å². The molecule has 3 heteroatoms. The minimum atomic E-state index is -1.86. The zero-order chi connectivity index (χ0) is 10.2. The molecule has 0 N–H and O–H groups in total. The maximum atomic E-state index is 11.5. The average Bonchev–Trinajstić information content (AvgIpc) is 2.20. The van der Waals surface area contributed by atoms with Crippen molar-refractivity contribution >= 4 is 8.03 Å². The fourth-order valence-electron chi connectivity index (χ4n) is 1.19. The summed E-state index contributed by atoms with van der Waals surface area (Å²) >= 11 is 0. The molecule has 0 fully saturated rings. The van der Waals surface area contributed by atoms with E-state index in [4.69, 9.17) is 4.52 Å². The Balaban J connectivity index is 2.27. The second kappa shape index (κ2) is 6.67. The van der Waals surface area contributed by atoms with Gasteiger partial charge in [0.05, 0.1) is 0 Å². The van der Waals surface area contributed by atoms with Crippen molar-refractivity contribution in [1.82, 2.24) is 0 Å². The van der Waals surface area contributed by atoms with Crippen molar-refractivity contribution in [1.29, 1.82) is 0 Å². The van der Waals surface area contributed by atoms with Crippen molar-refractivity contribution in [2.75, 3.05) is 6.16 Å². The van der Waals surface area contributed by atoms with E-state index in [1.54, 1.807) is 0 Å². The van der Waals surface area contributed by atoms with Gasteiger partial charge in [-0.1, -0.05) is 38.0 Å². The lowest BCUT2D eigenvalue weighted by atomic mass is 10.3. The third-order valence-corrected chi connectivity index (χ3v) is 3.18. The van der Waals surface area contributed by atoms with E-state index in [1.165, 1.54) is 0 Å². The molecular weight excluding hydrogens is 195 g/mol. The van der Waals surface area contributed by atoms with Crippen LogP contribution < -0.4 is 4.52 Å². The fraction of sp³-hybridized carbons (Fsp3) is 0.455. The Morgan fingerprint density at radius 3 is 2.57 bits per heavy atom. The van der Waals surface area contributed by atoms with Gasteiger partial charge < -0.3 is 4.52 Å². The zero-order valence-electron chi connectivity index (χ0n) is 8.53. The summed E-state index contributed by atoms with van der Waals surface area (Å²) in [6, 6.07) is 9.36. The van der Waals surface area contributed by atoms with Crippen LogP contribution in [-0.2, 0) is 4.57 Å². The summed E-state index contributed by atoms with van der Waals surface area (Å²) in [5, 5.41) is 0. The number of hydrogen-bond donors (Lipinski definition) is 0. The lowest BCUT2D eigenvalue weighted by Gasteiger charge is -2.04. The summed E-state index contributed by atoms with van der Waals surface area (Å²) in [5.41, 5.74) is 0. The van der Waals surface area contributed by atoms with Crippen LogP contribution >= 0.6 is 8.03 Å². The first-order valence-electron chi connectivity index (χ1n) is 5.08. The molecule has 0 aliphatic rings. The first kappa shape index (κ1) is 11.3. The molecule has 1 aromatic rings. The van der Waals surface area contributed by atoms with Crippen molar-refractivity contribution < 1.29 is 9.09 Å². The fourth-order valence-corrected chi connectivity index (χ4v) is 2.23. The third-order valence-electron chi connectivity index (χ3n) is 1.96. The van der Waals surface area contributed by atoms with Crippen LogP contribution in [0.4, 0.5) is 0 Å². The highest BCUT2D eigenvalue weighted by Gasteiger charge is 2.00. The summed E-state index contributed by atoms with van der Waals surface area (Å²) in [7, 11) is -1.86. The van der Waals surface area contributed by atoms with Crippen LogP contribution in [0, 0.1) is 0 Å². The van der Waals surface area contributed by atoms with Gasteiger partial charge in [0.15, 0.2) is 0 Å². The van der Waals surface area contributed by atoms with Gasteiger partial charge in [0.2, 0.25) is 8.03 Å². The van der Waals surface area contributed by atoms with Gasteiger partial charge in [-0.2, -0.15) is 0 Å². The van der Waals surface area contributed by atoms with Gasteiger partial charge in [0, 0.05) is 6.16 Å². The molecule has 0 saturated heterocycles. The lowest BCUT2D eigenvalue weighted by Crippen LogP contribution is -1.86. The molecule has 1 aromatic carbocycles. The molecule has 2 nitrogen and oxygen atoms in total. The molecule has 1 rings (SSSR count). The van der Waals surface area contributed by atoms with E-state index in [2.05, 4.69) is 6.92 Å². The van der Waals surface area contributed by atoms with Crippen molar-refractivity contribution in [2.45, 2.75) is 26.2 Å². The number of para-hydroxylation sites is 1. The molecule has 14 heavy (non-hydrogen) atoms. The van der Waals surface area contributed by atoms with E-state index in [1.807, 2.05) is 30.3 Å². The van der Waals surface area contributed by atoms with E-state index in [-0.39, 0.29) is 0 Å². The van der Waals surface area contributed by atoms with Crippen molar-refractivity contribution in [3.63, 3.8) is 0 Å². The van der Waals surface area contributed by atoms with Crippen LogP contribution in [0.25, 0.3) is 0 Å². The van der Waals surface area contributed by atoms with Gasteiger partial charge in [0.25, 0.3) is 0 Å². The van der Waals surface area contributed by atoms with Crippen molar-refractivity contribution in [3.05, 3.63) is 30.3 Å². The Morgan fingerprint density at radius 2 is 1.93 bits per heavy atom. The molecular formula is C11H17O2P. The molecule has 0 amide bonds. The molecule has 0 aromatic heterocycles. The first-order chi connectivity index (χ1) is 6.83.